The lowest BCUT2D eigenvalue weighted by molar-refractivity contribution is 0.668. The van der Waals surface area contributed by atoms with Crippen molar-refractivity contribution in [3.63, 3.8) is 0 Å². The first kappa shape index (κ1) is 66.7. The second-order valence-corrected chi connectivity index (χ2v) is 31.7. The lowest BCUT2D eigenvalue weighted by Gasteiger charge is -2.32. The monoisotopic (exact) mass is 1560 g/mol. The van der Waals surface area contributed by atoms with Gasteiger partial charge in [-0.15, -0.1) is 0 Å². The average molecular weight is 1560 g/mol. The third-order valence-corrected chi connectivity index (χ3v) is 25.5. The normalized spacial score (nSPS) is 13.1. The number of anilines is 5. The summed E-state index contributed by atoms with van der Waals surface area (Å²) in [4.78, 5) is 2.43. The van der Waals surface area contributed by atoms with Crippen LogP contribution in [0.25, 0.3) is 143 Å². The zero-order chi connectivity index (χ0) is 77.0. The maximum atomic E-state index is 6.39. The van der Waals surface area contributed by atoms with Gasteiger partial charge in [-0.05, 0) is 201 Å². The van der Waals surface area contributed by atoms with Gasteiger partial charge >= 0.3 is 0 Å². The minimum atomic E-state index is -0.481. The van der Waals surface area contributed by atoms with Crippen LogP contribution in [0.15, 0.2) is 414 Å². The van der Waals surface area contributed by atoms with Crippen molar-refractivity contribution < 1.29 is 8.83 Å². The number of furan rings is 2. The average Bonchev–Trinajstić information content (AvgIpc) is 1.51. The van der Waals surface area contributed by atoms with Gasteiger partial charge in [-0.1, -0.05) is 303 Å². The van der Waals surface area contributed by atoms with E-state index in [0.717, 1.165) is 121 Å². The standard InChI is InChI=1S/C54H33N3O.C37H23NO.C17H11BrN2/c1-2-14-34(15-3-1)52-53(49-30-35-16-4-5-17-36(35)33-56(49)55-52)57(37-27-29-51-44(31-37)43-21-9-13-25-50(43)58-51)38-26-28-42-41-20-8-12-24-47(41)54(48(42)32-38)45-22-10-6-18-39(45)40-19-7-11-23-46(40)54;1-5-13-31-25(9-1)26-10-2-6-14-32(26)37(31)33-15-7-3-11-27(33)28-19-17-24(22-34(28)37)38-23-18-20-36-30(21-23)29-12-4-8-16-35(29)39-36;18-16-15-10-13-8-4-5-9-14(13)11-20(15)19-17(16)12-6-2-1-3-7-12/h1-33H;1-22,38H;1-11H. The number of benzene rings is 16. The number of nitrogens with zero attached hydrogens (tertiary/aromatic N) is 5. The van der Waals surface area contributed by atoms with Gasteiger partial charge in [-0.25, -0.2) is 9.03 Å². The summed E-state index contributed by atoms with van der Waals surface area (Å²) in [5.41, 5.74) is 35.2. The summed E-state index contributed by atoms with van der Waals surface area (Å²) in [5, 5.41) is 23.0. The Labute approximate surface area is 681 Å². The topological polar surface area (TPSA) is 76.2 Å². The van der Waals surface area contributed by atoms with Crippen LogP contribution in [0.3, 0.4) is 0 Å². The van der Waals surface area contributed by atoms with Crippen molar-refractivity contribution >= 4 is 121 Å². The van der Waals surface area contributed by atoms with Gasteiger partial charge in [0.05, 0.1) is 26.3 Å². The molecule has 6 aromatic heterocycles. The number of para-hydroxylation sites is 2. The van der Waals surface area contributed by atoms with Crippen LogP contribution in [-0.2, 0) is 10.8 Å². The number of halogens is 1. The molecule has 9 heteroatoms. The number of pyridine rings is 2. The van der Waals surface area contributed by atoms with Crippen LogP contribution < -0.4 is 10.2 Å². The molecule has 22 aromatic rings. The number of fused-ring (bicyclic) bond motifs is 30. The molecule has 0 unspecified atom stereocenters. The predicted molar refractivity (Wildman–Crippen MR) is 482 cm³/mol. The molecule has 0 radical (unpaired) electrons. The molecule has 0 amide bonds. The maximum Gasteiger partial charge on any atom is 0.135 e. The largest absolute Gasteiger partial charge is 0.456 e. The number of hydrogen-bond donors (Lipinski definition) is 1. The fourth-order valence-corrected chi connectivity index (χ4v) is 20.4. The molecule has 4 aliphatic carbocycles. The smallest absolute Gasteiger partial charge is 0.135 e. The van der Waals surface area contributed by atoms with Crippen molar-refractivity contribution in [3.05, 3.63) is 450 Å². The van der Waals surface area contributed by atoms with E-state index in [9.17, 15) is 0 Å². The van der Waals surface area contributed by atoms with E-state index in [1.807, 2.05) is 53.0 Å². The van der Waals surface area contributed by atoms with Gasteiger partial charge in [0.2, 0.25) is 0 Å². The van der Waals surface area contributed by atoms with E-state index in [4.69, 9.17) is 19.0 Å². The van der Waals surface area contributed by atoms with E-state index in [-0.39, 0.29) is 5.41 Å². The molecule has 0 aliphatic heterocycles. The van der Waals surface area contributed by atoms with Gasteiger partial charge in [0, 0.05) is 78.6 Å². The molecule has 0 bridgehead atoms. The van der Waals surface area contributed by atoms with Crippen LogP contribution in [-0.4, -0.2) is 19.2 Å². The summed E-state index contributed by atoms with van der Waals surface area (Å²) in [6, 6.07) is 139. The molecule has 1 N–H and O–H groups in total. The molecule has 26 rings (SSSR count). The van der Waals surface area contributed by atoms with Crippen molar-refractivity contribution in [2.24, 2.45) is 0 Å². The fraction of sp³-hybridized carbons (Fsp3) is 0.0185. The minimum Gasteiger partial charge on any atom is -0.456 e. The molecule has 117 heavy (non-hydrogen) atoms. The lowest BCUT2D eigenvalue weighted by Crippen LogP contribution is -2.26. The summed E-state index contributed by atoms with van der Waals surface area (Å²) in [7, 11) is 0. The summed E-state index contributed by atoms with van der Waals surface area (Å²) in [6.07, 6.45) is 4.23. The quantitative estimate of drug-likeness (QED) is 0.171. The molecule has 0 atom stereocenters. The highest BCUT2D eigenvalue weighted by atomic mass is 79.9. The van der Waals surface area contributed by atoms with E-state index in [0.29, 0.717) is 0 Å². The SMILES string of the molecule is Brc1c(-c2ccccc2)nn2cc3ccccc3cc12.c1ccc(-c2nn3cc4ccccc4cc3c2N(c2ccc3c(c2)C2(c4ccccc4-c4ccccc42)c2ccccc2-3)c2ccc3oc4ccccc4c3c2)cc1.c1ccc2c(c1)-c1ccccc1C21c2ccccc2-c2ccc(Nc3ccc4oc5ccccc5c4c3)cc21. The molecule has 0 saturated heterocycles. The van der Waals surface area contributed by atoms with Crippen LogP contribution in [0, 0.1) is 0 Å². The van der Waals surface area contributed by atoms with Gasteiger partial charge in [0.15, 0.2) is 0 Å². The van der Waals surface area contributed by atoms with E-state index in [1.54, 1.807) is 0 Å². The first-order chi connectivity index (χ1) is 57.9. The van der Waals surface area contributed by atoms with Gasteiger partial charge < -0.3 is 19.1 Å². The summed E-state index contributed by atoms with van der Waals surface area (Å²) in [5.74, 6) is 0. The summed E-state index contributed by atoms with van der Waals surface area (Å²) >= 11 is 3.69. The highest BCUT2D eigenvalue weighted by Gasteiger charge is 2.53. The van der Waals surface area contributed by atoms with E-state index < -0.39 is 5.41 Å². The molecule has 8 nitrogen and oxygen atoms in total. The summed E-state index contributed by atoms with van der Waals surface area (Å²) < 4.78 is 17.5. The van der Waals surface area contributed by atoms with Crippen LogP contribution in [0.1, 0.15) is 44.5 Å². The van der Waals surface area contributed by atoms with Crippen molar-refractivity contribution in [1.29, 1.82) is 0 Å². The first-order valence-corrected chi connectivity index (χ1v) is 40.6. The van der Waals surface area contributed by atoms with Crippen molar-refractivity contribution in [2.45, 2.75) is 10.8 Å². The highest BCUT2D eigenvalue weighted by Crippen LogP contribution is 2.65. The molecular formula is C108H67BrN6O2. The Hall–Kier alpha value is -14.9. The van der Waals surface area contributed by atoms with Crippen molar-refractivity contribution in [2.75, 3.05) is 10.2 Å². The first-order valence-electron chi connectivity index (χ1n) is 39.8. The van der Waals surface area contributed by atoms with Crippen LogP contribution in [0.4, 0.5) is 28.4 Å². The van der Waals surface area contributed by atoms with Crippen LogP contribution in [0.2, 0.25) is 0 Å². The van der Waals surface area contributed by atoms with Crippen molar-refractivity contribution in [3.8, 4) is 67.0 Å². The molecule has 2 spiro atoms. The Balaban J connectivity index is 0.000000113. The molecule has 548 valence electrons. The molecule has 0 saturated carbocycles. The van der Waals surface area contributed by atoms with E-state index >= 15 is 0 Å². The third-order valence-electron chi connectivity index (χ3n) is 24.7. The number of rotatable bonds is 7. The van der Waals surface area contributed by atoms with Gasteiger partial charge in [-0.2, -0.15) is 10.2 Å². The molecule has 6 heterocycles. The molecular weight excluding hydrogens is 1490 g/mol. The maximum absolute atomic E-state index is 6.39. The van der Waals surface area contributed by atoms with E-state index in [2.05, 4.69) is 383 Å². The van der Waals surface area contributed by atoms with E-state index in [1.165, 1.54) is 99.8 Å². The Morgan fingerprint density at radius 1 is 0.274 bits per heavy atom. The second-order valence-electron chi connectivity index (χ2n) is 30.9. The fourth-order valence-electron chi connectivity index (χ4n) is 19.8. The highest BCUT2D eigenvalue weighted by molar-refractivity contribution is 9.10. The molecule has 16 aromatic carbocycles. The zero-order valence-corrected chi connectivity index (χ0v) is 64.6. The molecule has 4 aliphatic rings. The van der Waals surface area contributed by atoms with Gasteiger partial charge in [-0.3, -0.25) is 0 Å². The minimum absolute atomic E-state index is 0.332. The van der Waals surface area contributed by atoms with Gasteiger partial charge in [0.1, 0.15) is 39.4 Å². The Bertz CT molecular complexity index is 7740. The summed E-state index contributed by atoms with van der Waals surface area (Å²) in [6.45, 7) is 0. The Morgan fingerprint density at radius 3 is 1.15 bits per heavy atom. The Kier molecular flexibility index (Phi) is 14.9. The third kappa shape index (κ3) is 10.0. The number of hydrogen-bond acceptors (Lipinski definition) is 6. The zero-order valence-electron chi connectivity index (χ0n) is 63.0. The number of nitrogens with one attached hydrogen (secondary N) is 1. The van der Waals surface area contributed by atoms with Crippen LogP contribution >= 0.6 is 15.9 Å². The second kappa shape index (κ2) is 26.1. The predicted octanol–water partition coefficient (Wildman–Crippen LogP) is 28.5. The van der Waals surface area contributed by atoms with Crippen molar-refractivity contribution in [1.82, 2.24) is 19.2 Å². The van der Waals surface area contributed by atoms with Gasteiger partial charge in [0.25, 0.3) is 0 Å². The lowest BCUT2D eigenvalue weighted by atomic mass is 9.70. The van der Waals surface area contributed by atoms with Crippen LogP contribution in [0.5, 0.6) is 0 Å². The number of aromatic nitrogens is 4. The Morgan fingerprint density at radius 2 is 0.624 bits per heavy atom. The molecule has 0 fully saturated rings.